The maximum Gasteiger partial charge on any atom is 0.243 e. The van der Waals surface area contributed by atoms with E-state index in [0.29, 0.717) is 17.7 Å². The highest BCUT2D eigenvalue weighted by Gasteiger charge is 2.35. The largest absolute Gasteiger partial charge is 0.243 e. The zero-order chi connectivity index (χ0) is 18.1. The molecule has 0 saturated carbocycles. The molecule has 1 aliphatic heterocycles. The molecule has 136 valence electrons. The van der Waals surface area contributed by atoms with Gasteiger partial charge < -0.3 is 0 Å². The molecule has 0 N–H and O–H groups in total. The SMILES string of the molecule is Cc1ccc(C)c(S(=O)(=O)N2CCC(S(=O)(=O)CC(C)C)CC2)c1. The third kappa shape index (κ3) is 4.18. The summed E-state index contributed by atoms with van der Waals surface area (Å²) in [4.78, 5) is 0.325. The van der Waals surface area contributed by atoms with Crippen molar-refractivity contribution in [3.05, 3.63) is 29.3 Å². The number of aryl methyl sites for hydroxylation is 2. The smallest absolute Gasteiger partial charge is 0.229 e. The number of sulfone groups is 1. The predicted molar refractivity (Wildman–Crippen MR) is 96.3 cm³/mol. The third-order valence-corrected chi connectivity index (χ3v) is 9.09. The van der Waals surface area contributed by atoms with E-state index >= 15 is 0 Å². The van der Waals surface area contributed by atoms with Crippen molar-refractivity contribution in [3.8, 4) is 0 Å². The summed E-state index contributed by atoms with van der Waals surface area (Å²) in [6.07, 6.45) is 0.748. The van der Waals surface area contributed by atoms with E-state index in [2.05, 4.69) is 0 Å². The maximum atomic E-state index is 12.9. The first-order chi connectivity index (χ1) is 11.0. The summed E-state index contributed by atoms with van der Waals surface area (Å²) in [5, 5.41) is -0.426. The standard InChI is InChI=1S/C17H27NO4S2/c1-13(2)12-23(19,20)16-7-9-18(10-8-16)24(21,22)17-11-14(3)5-6-15(17)4/h5-6,11,13,16H,7-10,12H2,1-4H3. The number of sulfonamides is 1. The molecule has 0 unspecified atom stereocenters. The molecule has 0 atom stereocenters. The van der Waals surface area contributed by atoms with E-state index in [4.69, 9.17) is 0 Å². The van der Waals surface area contributed by atoms with Gasteiger partial charge in [0, 0.05) is 13.1 Å². The van der Waals surface area contributed by atoms with Crippen LogP contribution in [-0.2, 0) is 19.9 Å². The summed E-state index contributed by atoms with van der Waals surface area (Å²) >= 11 is 0. The van der Waals surface area contributed by atoms with E-state index in [-0.39, 0.29) is 24.8 Å². The van der Waals surface area contributed by atoms with E-state index < -0.39 is 25.1 Å². The van der Waals surface area contributed by atoms with Gasteiger partial charge in [-0.3, -0.25) is 0 Å². The van der Waals surface area contributed by atoms with Crippen molar-refractivity contribution >= 4 is 19.9 Å². The highest BCUT2D eigenvalue weighted by molar-refractivity contribution is 7.92. The first-order valence-corrected chi connectivity index (χ1v) is 11.5. The zero-order valence-corrected chi connectivity index (χ0v) is 16.5. The van der Waals surface area contributed by atoms with Gasteiger partial charge in [-0.2, -0.15) is 4.31 Å². The van der Waals surface area contributed by atoms with Crippen LogP contribution in [0.1, 0.15) is 37.8 Å². The molecule has 2 rings (SSSR count). The topological polar surface area (TPSA) is 71.5 Å². The Morgan fingerprint density at radius 1 is 1.08 bits per heavy atom. The molecule has 0 bridgehead atoms. The van der Waals surface area contributed by atoms with Gasteiger partial charge in [-0.15, -0.1) is 0 Å². The number of piperidine rings is 1. The van der Waals surface area contributed by atoms with E-state index in [0.717, 1.165) is 11.1 Å². The van der Waals surface area contributed by atoms with Crippen molar-refractivity contribution in [1.29, 1.82) is 0 Å². The third-order valence-electron chi connectivity index (χ3n) is 4.44. The Kier molecular flexibility index (Phi) is 5.77. The molecule has 1 aromatic rings. The fraction of sp³-hybridized carbons (Fsp3) is 0.647. The highest BCUT2D eigenvalue weighted by atomic mass is 32.2. The van der Waals surface area contributed by atoms with Crippen LogP contribution in [0.3, 0.4) is 0 Å². The molecule has 1 aliphatic rings. The monoisotopic (exact) mass is 373 g/mol. The number of hydrogen-bond donors (Lipinski definition) is 0. The molecule has 1 fully saturated rings. The molecule has 0 aliphatic carbocycles. The van der Waals surface area contributed by atoms with Crippen LogP contribution in [0.25, 0.3) is 0 Å². The Labute approximate surface area is 146 Å². The second-order valence-electron chi connectivity index (χ2n) is 7.10. The lowest BCUT2D eigenvalue weighted by atomic mass is 10.2. The summed E-state index contributed by atoms with van der Waals surface area (Å²) in [6.45, 7) is 7.94. The first-order valence-electron chi connectivity index (χ1n) is 8.33. The molecule has 7 heteroatoms. The van der Waals surface area contributed by atoms with Crippen molar-refractivity contribution < 1.29 is 16.8 Å². The van der Waals surface area contributed by atoms with Crippen LogP contribution >= 0.6 is 0 Å². The molecule has 1 saturated heterocycles. The Morgan fingerprint density at radius 2 is 1.67 bits per heavy atom. The van der Waals surface area contributed by atoms with Crippen molar-refractivity contribution in [2.24, 2.45) is 5.92 Å². The van der Waals surface area contributed by atoms with Crippen LogP contribution in [0.5, 0.6) is 0 Å². The van der Waals surface area contributed by atoms with Gasteiger partial charge in [0.25, 0.3) is 0 Å². The highest BCUT2D eigenvalue weighted by Crippen LogP contribution is 2.27. The second-order valence-corrected chi connectivity index (χ2v) is 11.3. The molecule has 24 heavy (non-hydrogen) atoms. The summed E-state index contributed by atoms with van der Waals surface area (Å²) in [5.41, 5.74) is 1.61. The van der Waals surface area contributed by atoms with E-state index in [1.807, 2.05) is 32.9 Å². The molecule has 5 nitrogen and oxygen atoms in total. The predicted octanol–water partition coefficient (Wildman–Crippen LogP) is 2.53. The van der Waals surface area contributed by atoms with Crippen LogP contribution in [0.15, 0.2) is 23.1 Å². The van der Waals surface area contributed by atoms with Crippen LogP contribution in [0.4, 0.5) is 0 Å². The molecular formula is C17H27NO4S2. The van der Waals surface area contributed by atoms with Gasteiger partial charge in [0.2, 0.25) is 10.0 Å². The van der Waals surface area contributed by atoms with E-state index in [1.54, 1.807) is 13.0 Å². The summed E-state index contributed by atoms with van der Waals surface area (Å²) in [7, 11) is -6.72. The quantitative estimate of drug-likeness (QED) is 0.795. The minimum Gasteiger partial charge on any atom is -0.229 e. The van der Waals surface area contributed by atoms with Gasteiger partial charge in [0.15, 0.2) is 9.84 Å². The Balaban J connectivity index is 2.16. The second kappa shape index (κ2) is 7.14. The Morgan fingerprint density at radius 3 is 2.21 bits per heavy atom. The van der Waals surface area contributed by atoms with Gasteiger partial charge in [0.05, 0.1) is 15.9 Å². The lowest BCUT2D eigenvalue weighted by molar-refractivity contribution is 0.345. The average molecular weight is 374 g/mol. The van der Waals surface area contributed by atoms with Crippen molar-refractivity contribution in [3.63, 3.8) is 0 Å². The van der Waals surface area contributed by atoms with Gasteiger partial charge in [-0.05, 0) is 49.8 Å². The van der Waals surface area contributed by atoms with Gasteiger partial charge in [-0.25, -0.2) is 16.8 Å². The number of benzene rings is 1. The number of nitrogens with zero attached hydrogens (tertiary/aromatic N) is 1. The number of hydrogen-bond acceptors (Lipinski definition) is 4. The Bertz CT molecular complexity index is 790. The van der Waals surface area contributed by atoms with Gasteiger partial charge in [0.1, 0.15) is 0 Å². The molecule has 0 aromatic heterocycles. The lowest BCUT2D eigenvalue weighted by Gasteiger charge is -2.31. The normalized spacial score (nSPS) is 18.2. The fourth-order valence-electron chi connectivity index (χ4n) is 3.16. The van der Waals surface area contributed by atoms with Crippen molar-refractivity contribution in [2.45, 2.75) is 50.7 Å². The molecule has 0 amide bonds. The summed E-state index contributed by atoms with van der Waals surface area (Å²) in [6, 6.07) is 5.38. The minimum absolute atomic E-state index is 0.0895. The van der Waals surface area contributed by atoms with E-state index in [1.165, 1.54) is 4.31 Å². The Hall–Kier alpha value is -0.920. The van der Waals surface area contributed by atoms with Crippen LogP contribution in [0, 0.1) is 19.8 Å². The van der Waals surface area contributed by atoms with Crippen LogP contribution < -0.4 is 0 Å². The fourth-order valence-corrected chi connectivity index (χ4v) is 7.07. The zero-order valence-electron chi connectivity index (χ0n) is 14.8. The maximum absolute atomic E-state index is 12.9. The average Bonchev–Trinajstić information content (AvgIpc) is 2.48. The molecule has 0 radical (unpaired) electrons. The lowest BCUT2D eigenvalue weighted by Crippen LogP contribution is -2.43. The molecular weight excluding hydrogens is 346 g/mol. The van der Waals surface area contributed by atoms with Gasteiger partial charge >= 0.3 is 0 Å². The van der Waals surface area contributed by atoms with Crippen LogP contribution in [-0.4, -0.2) is 45.2 Å². The van der Waals surface area contributed by atoms with Crippen molar-refractivity contribution in [2.75, 3.05) is 18.8 Å². The first kappa shape index (κ1) is 19.4. The van der Waals surface area contributed by atoms with Crippen molar-refractivity contribution in [1.82, 2.24) is 4.31 Å². The van der Waals surface area contributed by atoms with Crippen LogP contribution in [0.2, 0.25) is 0 Å². The summed E-state index contributed by atoms with van der Waals surface area (Å²) in [5.74, 6) is 0.258. The minimum atomic E-state index is -3.57. The van der Waals surface area contributed by atoms with E-state index in [9.17, 15) is 16.8 Å². The summed E-state index contributed by atoms with van der Waals surface area (Å²) < 4.78 is 51.9. The molecule has 1 aromatic carbocycles. The number of rotatable bonds is 5. The molecule has 0 spiro atoms. The molecule has 1 heterocycles. The van der Waals surface area contributed by atoms with Gasteiger partial charge in [-0.1, -0.05) is 26.0 Å².